The summed E-state index contributed by atoms with van der Waals surface area (Å²) in [6, 6.07) is 8.49. The van der Waals surface area contributed by atoms with Crippen LogP contribution in [0.15, 0.2) is 41.0 Å². The molecular formula is C21H23N3O6. The zero-order valence-electron chi connectivity index (χ0n) is 16.4. The topological polar surface area (TPSA) is 110 Å². The van der Waals surface area contributed by atoms with Crippen LogP contribution in [0.25, 0.3) is 0 Å². The molecule has 2 aliphatic heterocycles. The number of furan rings is 1. The molecule has 0 radical (unpaired) electrons. The van der Waals surface area contributed by atoms with Crippen LogP contribution in [0.5, 0.6) is 11.5 Å². The first-order valence-electron chi connectivity index (χ1n) is 9.90. The number of piperidine rings is 1. The van der Waals surface area contributed by atoms with E-state index in [4.69, 9.17) is 13.9 Å². The van der Waals surface area contributed by atoms with Gasteiger partial charge in [-0.1, -0.05) is 0 Å². The number of likely N-dealkylation sites (tertiary alicyclic amines) is 1. The van der Waals surface area contributed by atoms with E-state index in [2.05, 4.69) is 10.6 Å². The van der Waals surface area contributed by atoms with Crippen molar-refractivity contribution in [1.29, 1.82) is 0 Å². The number of hydrogen-bond donors (Lipinski definition) is 2. The van der Waals surface area contributed by atoms with Crippen LogP contribution < -0.4 is 20.1 Å². The van der Waals surface area contributed by atoms with Crippen LogP contribution in [0, 0.1) is 5.92 Å². The average molecular weight is 413 g/mol. The normalized spacial score (nSPS) is 15.7. The second kappa shape index (κ2) is 8.89. The van der Waals surface area contributed by atoms with E-state index in [1.54, 1.807) is 35.2 Å². The van der Waals surface area contributed by atoms with Gasteiger partial charge in [0.25, 0.3) is 5.91 Å². The number of rotatable bonds is 6. The molecule has 1 aromatic carbocycles. The predicted octanol–water partition coefficient (Wildman–Crippen LogP) is 2.01. The summed E-state index contributed by atoms with van der Waals surface area (Å²) in [5.41, 5.74) is 0.662. The smallest absolute Gasteiger partial charge is 0.286 e. The van der Waals surface area contributed by atoms with Crippen molar-refractivity contribution in [2.24, 2.45) is 5.92 Å². The van der Waals surface area contributed by atoms with Crippen LogP contribution in [0.1, 0.15) is 29.8 Å². The van der Waals surface area contributed by atoms with Gasteiger partial charge in [-0.25, -0.2) is 0 Å². The minimum absolute atomic E-state index is 0.0376. The van der Waals surface area contributed by atoms with Gasteiger partial charge in [-0.3, -0.25) is 14.4 Å². The van der Waals surface area contributed by atoms with Crippen LogP contribution in [0.3, 0.4) is 0 Å². The molecule has 3 amide bonds. The Morgan fingerprint density at radius 1 is 1.07 bits per heavy atom. The highest BCUT2D eigenvalue weighted by atomic mass is 16.7. The molecule has 0 unspecified atom stereocenters. The van der Waals surface area contributed by atoms with Crippen molar-refractivity contribution in [3.05, 3.63) is 42.4 Å². The fourth-order valence-electron chi connectivity index (χ4n) is 3.55. The molecule has 0 aliphatic carbocycles. The van der Waals surface area contributed by atoms with Crippen molar-refractivity contribution in [3.63, 3.8) is 0 Å². The van der Waals surface area contributed by atoms with Gasteiger partial charge in [0.05, 0.1) is 6.26 Å². The second-order valence-corrected chi connectivity index (χ2v) is 7.20. The number of nitrogens with zero attached hydrogens (tertiary/aromatic N) is 1. The van der Waals surface area contributed by atoms with E-state index >= 15 is 0 Å². The third-order valence-corrected chi connectivity index (χ3v) is 5.23. The highest BCUT2D eigenvalue weighted by Crippen LogP contribution is 2.34. The summed E-state index contributed by atoms with van der Waals surface area (Å²) in [6.07, 6.45) is 2.83. The highest BCUT2D eigenvalue weighted by Gasteiger charge is 2.27. The third kappa shape index (κ3) is 4.56. The van der Waals surface area contributed by atoms with Gasteiger partial charge in [0.15, 0.2) is 17.3 Å². The van der Waals surface area contributed by atoms with Gasteiger partial charge >= 0.3 is 0 Å². The van der Waals surface area contributed by atoms with Crippen molar-refractivity contribution < 1.29 is 28.3 Å². The Balaban J connectivity index is 1.19. The third-order valence-electron chi connectivity index (χ3n) is 5.23. The molecule has 0 bridgehead atoms. The molecule has 2 aromatic rings. The maximum atomic E-state index is 12.6. The predicted molar refractivity (Wildman–Crippen MR) is 106 cm³/mol. The minimum Gasteiger partial charge on any atom is -0.459 e. The minimum atomic E-state index is -0.341. The number of anilines is 1. The van der Waals surface area contributed by atoms with Crippen molar-refractivity contribution in [2.45, 2.75) is 19.3 Å². The first-order valence-corrected chi connectivity index (χ1v) is 9.90. The molecule has 9 heteroatoms. The van der Waals surface area contributed by atoms with Crippen molar-refractivity contribution in [1.82, 2.24) is 10.2 Å². The Kier molecular flexibility index (Phi) is 5.87. The molecule has 1 saturated heterocycles. The SMILES string of the molecule is O=C(NCCC(=O)N1CCC(C(=O)Nc2ccc3c(c2)OCO3)CC1)c1ccco1. The molecular weight excluding hydrogens is 390 g/mol. The molecule has 3 heterocycles. The zero-order valence-corrected chi connectivity index (χ0v) is 16.4. The maximum absolute atomic E-state index is 12.6. The van der Waals surface area contributed by atoms with Crippen LogP contribution in [0.2, 0.25) is 0 Å². The summed E-state index contributed by atoms with van der Waals surface area (Å²) in [5.74, 6) is 0.908. The number of ether oxygens (including phenoxy) is 2. The molecule has 0 atom stereocenters. The lowest BCUT2D eigenvalue weighted by Crippen LogP contribution is -2.42. The summed E-state index contributed by atoms with van der Waals surface area (Å²) >= 11 is 0. The zero-order chi connectivity index (χ0) is 20.9. The van der Waals surface area contributed by atoms with Gasteiger partial charge in [0, 0.05) is 43.7 Å². The lowest BCUT2D eigenvalue weighted by Gasteiger charge is -2.31. The number of hydrogen-bond acceptors (Lipinski definition) is 6. The second-order valence-electron chi connectivity index (χ2n) is 7.20. The van der Waals surface area contributed by atoms with Crippen LogP contribution >= 0.6 is 0 Å². The number of benzene rings is 1. The molecule has 1 fully saturated rings. The highest BCUT2D eigenvalue weighted by molar-refractivity contribution is 5.93. The number of fused-ring (bicyclic) bond motifs is 1. The Labute approximate surface area is 173 Å². The van der Waals surface area contributed by atoms with Crippen molar-refractivity contribution >= 4 is 23.4 Å². The molecule has 0 spiro atoms. The van der Waals surface area contributed by atoms with Gasteiger partial charge in [0.1, 0.15) is 0 Å². The van der Waals surface area contributed by atoms with Crippen molar-refractivity contribution in [2.75, 3.05) is 31.7 Å². The van der Waals surface area contributed by atoms with Gasteiger partial charge in [-0.2, -0.15) is 0 Å². The van der Waals surface area contributed by atoms with E-state index in [9.17, 15) is 14.4 Å². The Bertz CT molecular complexity index is 919. The Morgan fingerprint density at radius 2 is 1.87 bits per heavy atom. The molecule has 4 rings (SSSR count). The first-order chi connectivity index (χ1) is 14.6. The number of carbonyl (C=O) groups is 3. The van der Waals surface area contributed by atoms with E-state index in [1.165, 1.54) is 6.26 Å². The van der Waals surface area contributed by atoms with Crippen molar-refractivity contribution in [3.8, 4) is 11.5 Å². The Hall–Kier alpha value is -3.49. The molecule has 2 aliphatic rings. The van der Waals surface area contributed by atoms with Crippen LogP contribution in [0.4, 0.5) is 5.69 Å². The number of carbonyl (C=O) groups excluding carboxylic acids is 3. The van der Waals surface area contributed by atoms with Gasteiger partial charge in [-0.15, -0.1) is 0 Å². The molecule has 1 aromatic heterocycles. The van der Waals surface area contributed by atoms with E-state index in [1.807, 2.05) is 0 Å². The maximum Gasteiger partial charge on any atom is 0.286 e. The monoisotopic (exact) mass is 413 g/mol. The molecule has 30 heavy (non-hydrogen) atoms. The number of amides is 3. The molecule has 158 valence electrons. The molecule has 2 N–H and O–H groups in total. The van der Waals surface area contributed by atoms with Crippen LogP contribution in [-0.2, 0) is 9.59 Å². The summed E-state index contributed by atoms with van der Waals surface area (Å²) in [4.78, 5) is 38.5. The standard InChI is InChI=1S/C21H23N3O6/c25-19(5-8-22-21(27)17-2-1-11-28-17)24-9-6-14(7-10-24)20(26)23-15-3-4-16-18(12-15)30-13-29-16/h1-4,11-12,14H,5-10,13H2,(H,22,27)(H,23,26). The molecule has 0 saturated carbocycles. The Morgan fingerprint density at radius 3 is 2.63 bits per heavy atom. The summed E-state index contributed by atoms with van der Waals surface area (Å²) in [5, 5.41) is 5.57. The lowest BCUT2D eigenvalue weighted by molar-refractivity contribution is -0.134. The lowest BCUT2D eigenvalue weighted by atomic mass is 9.95. The van der Waals surface area contributed by atoms with Gasteiger partial charge < -0.3 is 29.4 Å². The fourth-order valence-corrected chi connectivity index (χ4v) is 3.55. The summed E-state index contributed by atoms with van der Waals surface area (Å²) < 4.78 is 15.6. The van der Waals surface area contributed by atoms with E-state index in [0.29, 0.717) is 43.1 Å². The van der Waals surface area contributed by atoms with Crippen LogP contribution in [-0.4, -0.2) is 49.0 Å². The van der Waals surface area contributed by atoms with E-state index in [0.717, 1.165) is 0 Å². The quantitative estimate of drug-likeness (QED) is 0.750. The summed E-state index contributed by atoms with van der Waals surface area (Å²) in [7, 11) is 0. The fraction of sp³-hybridized carbons (Fsp3) is 0.381. The van der Waals surface area contributed by atoms with E-state index < -0.39 is 0 Å². The first kappa shape index (κ1) is 19.8. The van der Waals surface area contributed by atoms with Gasteiger partial charge in [-0.05, 0) is 37.1 Å². The molecule has 9 nitrogen and oxygen atoms in total. The number of nitrogens with one attached hydrogen (secondary N) is 2. The van der Waals surface area contributed by atoms with Gasteiger partial charge in [0.2, 0.25) is 18.6 Å². The van der Waals surface area contributed by atoms with E-state index in [-0.39, 0.29) is 49.2 Å². The average Bonchev–Trinajstić information content (AvgIpc) is 3.45. The summed E-state index contributed by atoms with van der Waals surface area (Å²) in [6.45, 7) is 1.46. The largest absolute Gasteiger partial charge is 0.459 e.